The third kappa shape index (κ3) is 3.02. The molecule has 1 aliphatic carbocycles. The first kappa shape index (κ1) is 14.2. The standard InChI is InChI=1S/C14H26N2OS/c1-4-11(5-2)12-9-15-13(18-12)16-10-14(17-3)7-6-8-14/h11-12H,4-10H2,1-3H3,(H,15,16). The van der Waals surface area contributed by atoms with Crippen molar-refractivity contribution in [3.05, 3.63) is 0 Å². The zero-order valence-electron chi connectivity index (χ0n) is 11.9. The Morgan fingerprint density at radius 1 is 1.44 bits per heavy atom. The van der Waals surface area contributed by atoms with E-state index in [2.05, 4.69) is 24.2 Å². The number of rotatable bonds is 6. The third-order valence-corrected chi connectivity index (χ3v) is 5.85. The number of thioether (sulfide) groups is 1. The Balaban J connectivity index is 1.75. The monoisotopic (exact) mass is 270 g/mol. The predicted molar refractivity (Wildman–Crippen MR) is 79.3 cm³/mol. The molecule has 1 unspecified atom stereocenters. The molecule has 0 radical (unpaired) electrons. The van der Waals surface area contributed by atoms with Crippen LogP contribution in [0.4, 0.5) is 0 Å². The second kappa shape index (κ2) is 6.29. The van der Waals surface area contributed by atoms with Crippen LogP contribution in [0.25, 0.3) is 0 Å². The van der Waals surface area contributed by atoms with Gasteiger partial charge in [-0.3, -0.25) is 4.99 Å². The fraction of sp³-hybridized carbons (Fsp3) is 0.929. The van der Waals surface area contributed by atoms with E-state index in [-0.39, 0.29) is 5.60 Å². The van der Waals surface area contributed by atoms with Crippen LogP contribution < -0.4 is 5.32 Å². The van der Waals surface area contributed by atoms with Crippen molar-refractivity contribution < 1.29 is 4.74 Å². The molecule has 1 heterocycles. The summed E-state index contributed by atoms with van der Waals surface area (Å²) >= 11 is 1.94. The smallest absolute Gasteiger partial charge is 0.157 e. The molecule has 1 atom stereocenters. The lowest BCUT2D eigenvalue weighted by Crippen LogP contribution is -2.48. The summed E-state index contributed by atoms with van der Waals surface area (Å²) < 4.78 is 5.62. The topological polar surface area (TPSA) is 33.6 Å². The Bertz CT molecular complexity index is 293. The number of hydrogen-bond acceptors (Lipinski definition) is 4. The van der Waals surface area contributed by atoms with E-state index < -0.39 is 0 Å². The van der Waals surface area contributed by atoms with Crippen molar-refractivity contribution in [2.45, 2.75) is 56.8 Å². The van der Waals surface area contributed by atoms with Crippen LogP contribution in [-0.2, 0) is 4.74 Å². The lowest BCUT2D eigenvalue weighted by Gasteiger charge is -2.40. The maximum absolute atomic E-state index is 5.62. The summed E-state index contributed by atoms with van der Waals surface area (Å²) in [4.78, 5) is 4.64. The summed E-state index contributed by atoms with van der Waals surface area (Å²) in [5, 5.41) is 5.31. The zero-order chi connectivity index (χ0) is 13.0. The number of nitrogens with one attached hydrogen (secondary N) is 1. The Hall–Kier alpha value is -0.220. The van der Waals surface area contributed by atoms with Gasteiger partial charge in [-0.25, -0.2) is 0 Å². The molecular weight excluding hydrogens is 244 g/mol. The Labute approximate surface area is 115 Å². The maximum atomic E-state index is 5.62. The fourth-order valence-electron chi connectivity index (χ4n) is 2.81. The summed E-state index contributed by atoms with van der Waals surface area (Å²) in [6, 6.07) is 0. The molecule has 1 N–H and O–H groups in total. The largest absolute Gasteiger partial charge is 0.376 e. The quantitative estimate of drug-likeness (QED) is 0.805. The lowest BCUT2D eigenvalue weighted by atomic mass is 9.80. The normalized spacial score (nSPS) is 26.0. The summed E-state index contributed by atoms with van der Waals surface area (Å²) in [5.74, 6) is 0.804. The summed E-state index contributed by atoms with van der Waals surface area (Å²) in [6.07, 6.45) is 6.19. The summed E-state index contributed by atoms with van der Waals surface area (Å²) in [6.45, 7) is 6.48. The first-order chi connectivity index (χ1) is 8.73. The molecular formula is C14H26N2OS. The van der Waals surface area contributed by atoms with E-state index in [4.69, 9.17) is 4.74 Å². The lowest BCUT2D eigenvalue weighted by molar-refractivity contribution is -0.0663. The molecule has 0 bridgehead atoms. The van der Waals surface area contributed by atoms with Gasteiger partial charge in [0, 0.05) is 18.9 Å². The van der Waals surface area contributed by atoms with Gasteiger partial charge in [-0.2, -0.15) is 0 Å². The minimum atomic E-state index is 0.0933. The number of hydrogen-bond donors (Lipinski definition) is 1. The SMILES string of the molecule is CCC(CC)C1CN=C(NCC2(OC)CCC2)S1. The van der Waals surface area contributed by atoms with Crippen molar-refractivity contribution in [3.63, 3.8) is 0 Å². The van der Waals surface area contributed by atoms with Crippen molar-refractivity contribution >= 4 is 16.9 Å². The highest BCUT2D eigenvalue weighted by molar-refractivity contribution is 8.14. The number of amidine groups is 1. The average molecular weight is 270 g/mol. The van der Waals surface area contributed by atoms with Crippen LogP contribution in [0.1, 0.15) is 46.0 Å². The van der Waals surface area contributed by atoms with E-state index in [9.17, 15) is 0 Å². The first-order valence-electron chi connectivity index (χ1n) is 7.23. The molecule has 0 amide bonds. The van der Waals surface area contributed by atoms with E-state index in [1.807, 2.05) is 18.9 Å². The highest BCUT2D eigenvalue weighted by Crippen LogP contribution is 2.35. The second-order valence-electron chi connectivity index (χ2n) is 5.47. The van der Waals surface area contributed by atoms with E-state index in [0.717, 1.165) is 24.2 Å². The highest BCUT2D eigenvalue weighted by atomic mass is 32.2. The van der Waals surface area contributed by atoms with Crippen LogP contribution in [0.2, 0.25) is 0 Å². The maximum Gasteiger partial charge on any atom is 0.157 e. The Morgan fingerprint density at radius 2 is 2.17 bits per heavy atom. The molecule has 104 valence electrons. The van der Waals surface area contributed by atoms with Crippen molar-refractivity contribution in [3.8, 4) is 0 Å². The van der Waals surface area contributed by atoms with Crippen LogP contribution in [0.15, 0.2) is 4.99 Å². The van der Waals surface area contributed by atoms with Gasteiger partial charge in [-0.05, 0) is 25.2 Å². The molecule has 4 heteroatoms. The molecule has 0 aromatic rings. The average Bonchev–Trinajstić information content (AvgIpc) is 2.79. The highest BCUT2D eigenvalue weighted by Gasteiger charge is 2.37. The molecule has 0 aromatic carbocycles. The zero-order valence-corrected chi connectivity index (χ0v) is 12.7. The van der Waals surface area contributed by atoms with Gasteiger partial charge in [0.1, 0.15) is 0 Å². The van der Waals surface area contributed by atoms with Gasteiger partial charge >= 0.3 is 0 Å². The molecule has 2 aliphatic rings. The van der Waals surface area contributed by atoms with Crippen molar-refractivity contribution in [2.75, 3.05) is 20.2 Å². The molecule has 2 rings (SSSR count). The van der Waals surface area contributed by atoms with Gasteiger partial charge in [0.2, 0.25) is 0 Å². The van der Waals surface area contributed by atoms with Crippen molar-refractivity contribution in [1.82, 2.24) is 5.32 Å². The van der Waals surface area contributed by atoms with Gasteiger partial charge in [0.25, 0.3) is 0 Å². The van der Waals surface area contributed by atoms with Gasteiger partial charge in [-0.1, -0.05) is 38.5 Å². The summed E-state index contributed by atoms with van der Waals surface area (Å²) in [5.41, 5.74) is 0.0933. The molecule has 1 aliphatic heterocycles. The molecule has 0 spiro atoms. The molecule has 1 fully saturated rings. The van der Waals surface area contributed by atoms with E-state index in [1.54, 1.807) is 0 Å². The Kier molecular flexibility index (Phi) is 4.96. The van der Waals surface area contributed by atoms with Gasteiger partial charge in [0.05, 0.1) is 12.1 Å². The molecule has 0 aromatic heterocycles. The van der Waals surface area contributed by atoms with Crippen molar-refractivity contribution in [2.24, 2.45) is 10.9 Å². The van der Waals surface area contributed by atoms with Crippen LogP contribution in [0.5, 0.6) is 0 Å². The second-order valence-corrected chi connectivity index (χ2v) is 6.70. The van der Waals surface area contributed by atoms with Crippen molar-refractivity contribution in [1.29, 1.82) is 0 Å². The third-order valence-electron chi connectivity index (χ3n) is 4.51. The fourth-order valence-corrected chi connectivity index (χ4v) is 4.13. The van der Waals surface area contributed by atoms with Crippen LogP contribution in [0, 0.1) is 5.92 Å². The van der Waals surface area contributed by atoms with Gasteiger partial charge in [0.15, 0.2) is 5.17 Å². The number of ether oxygens (including phenoxy) is 1. The van der Waals surface area contributed by atoms with E-state index in [1.165, 1.54) is 32.1 Å². The number of methoxy groups -OCH3 is 1. The van der Waals surface area contributed by atoms with Crippen LogP contribution in [0.3, 0.4) is 0 Å². The first-order valence-corrected chi connectivity index (χ1v) is 8.11. The molecule has 1 saturated carbocycles. The minimum Gasteiger partial charge on any atom is -0.376 e. The molecule has 3 nitrogen and oxygen atoms in total. The van der Waals surface area contributed by atoms with Crippen LogP contribution in [-0.4, -0.2) is 36.2 Å². The predicted octanol–water partition coefficient (Wildman–Crippen LogP) is 3.05. The summed E-state index contributed by atoms with van der Waals surface area (Å²) in [7, 11) is 1.83. The van der Waals surface area contributed by atoms with E-state index in [0.29, 0.717) is 5.25 Å². The Morgan fingerprint density at radius 3 is 2.67 bits per heavy atom. The minimum absolute atomic E-state index is 0.0933. The number of aliphatic imine (C=N–C) groups is 1. The van der Waals surface area contributed by atoms with E-state index >= 15 is 0 Å². The number of nitrogens with zero attached hydrogens (tertiary/aromatic N) is 1. The molecule has 0 saturated heterocycles. The van der Waals surface area contributed by atoms with Crippen LogP contribution >= 0.6 is 11.8 Å². The van der Waals surface area contributed by atoms with Gasteiger partial charge in [-0.15, -0.1) is 0 Å². The van der Waals surface area contributed by atoms with Gasteiger partial charge < -0.3 is 10.1 Å². The molecule has 18 heavy (non-hydrogen) atoms.